The first-order chi connectivity index (χ1) is 24.6. The van der Waals surface area contributed by atoms with Crippen LogP contribution < -0.4 is 14.7 Å². The van der Waals surface area contributed by atoms with E-state index in [9.17, 15) is 0 Å². The Kier molecular flexibility index (Phi) is 11.0. The maximum Gasteiger partial charge on any atom is 0.166 e. The maximum atomic E-state index is 6.40. The third-order valence-electron chi connectivity index (χ3n) is 9.16. The Hall–Kier alpha value is -4.81. The molecule has 7 aromatic rings. The van der Waals surface area contributed by atoms with Crippen molar-refractivity contribution in [1.29, 1.82) is 0 Å². The van der Waals surface area contributed by atoms with Crippen molar-refractivity contribution >= 4 is 24.3 Å². The molecule has 0 amide bonds. The van der Waals surface area contributed by atoms with Crippen LogP contribution >= 0.6 is 0 Å². The largest absolute Gasteiger partial charge is 0.494 e. The molecule has 3 heterocycles. The van der Waals surface area contributed by atoms with Gasteiger partial charge in [0.1, 0.15) is 0 Å². The Bertz CT molecular complexity index is 2280. The van der Waals surface area contributed by atoms with Crippen LogP contribution in [0.5, 0.6) is 23.0 Å². The van der Waals surface area contributed by atoms with Crippen molar-refractivity contribution in [3.05, 3.63) is 145 Å². The summed E-state index contributed by atoms with van der Waals surface area (Å²) >= 11 is 0. The fourth-order valence-electron chi connectivity index (χ4n) is 6.40. The maximum absolute atomic E-state index is 6.40. The van der Waals surface area contributed by atoms with Crippen molar-refractivity contribution in [2.75, 3.05) is 0 Å². The standard InChI is InChI=1S/C31H27N2O2.C14H16NSi.Ir/c1-19(2)21-11-9-12-22(20(3)4)29(21)33-25-15-6-5-14-24(25)32-31(33)23-13-10-18-28-30(23)35-27-17-8-7-16-26(27)34-28;1-16(2,3)13-9-10-14(15-11-13)12-7-5-4-6-8-12;/h5-12,14-20H,1-4H3;4-7,9-11H,1-3H3;/q2*-1;. The molecule has 0 fully saturated rings. The van der Waals surface area contributed by atoms with Gasteiger partial charge in [0.2, 0.25) is 0 Å². The number of fused-ring (bicyclic) bond motifs is 3. The first kappa shape index (κ1) is 37.0. The molecule has 0 N–H and O–H groups in total. The Labute approximate surface area is 322 Å². The zero-order valence-electron chi connectivity index (χ0n) is 30.7. The van der Waals surface area contributed by atoms with Gasteiger partial charge in [0, 0.05) is 32.0 Å². The Morgan fingerprint density at radius 1 is 0.654 bits per heavy atom. The molecule has 8 rings (SSSR count). The van der Waals surface area contributed by atoms with Crippen LogP contribution in [-0.2, 0) is 20.1 Å². The van der Waals surface area contributed by atoms with Crippen molar-refractivity contribution < 1.29 is 29.6 Å². The molecule has 7 heteroatoms. The molecule has 2 aromatic heterocycles. The monoisotopic (exact) mass is 878 g/mol. The van der Waals surface area contributed by atoms with Gasteiger partial charge in [-0.05, 0) is 58.1 Å². The summed E-state index contributed by atoms with van der Waals surface area (Å²) in [4.78, 5) is 9.64. The van der Waals surface area contributed by atoms with E-state index in [4.69, 9.17) is 14.5 Å². The summed E-state index contributed by atoms with van der Waals surface area (Å²) in [5.74, 6) is 4.18. The van der Waals surface area contributed by atoms with Gasteiger partial charge >= 0.3 is 0 Å². The Morgan fingerprint density at radius 3 is 1.96 bits per heavy atom. The van der Waals surface area contributed by atoms with Crippen molar-refractivity contribution in [1.82, 2.24) is 14.5 Å². The number of imidazole rings is 1. The van der Waals surface area contributed by atoms with Gasteiger partial charge in [0.15, 0.2) is 11.5 Å². The van der Waals surface area contributed by atoms with Gasteiger partial charge in [-0.2, -0.15) is 0 Å². The number of para-hydroxylation sites is 5. The zero-order chi connectivity index (χ0) is 35.7. The van der Waals surface area contributed by atoms with Gasteiger partial charge in [0.05, 0.1) is 36.4 Å². The molecule has 265 valence electrons. The van der Waals surface area contributed by atoms with Crippen LogP contribution in [0.4, 0.5) is 0 Å². The van der Waals surface area contributed by atoms with Gasteiger partial charge in [-0.3, -0.25) is 4.98 Å². The van der Waals surface area contributed by atoms with Gasteiger partial charge < -0.3 is 19.0 Å². The molecule has 0 saturated heterocycles. The second kappa shape index (κ2) is 15.4. The number of hydrogen-bond donors (Lipinski definition) is 0. The molecule has 0 spiro atoms. The van der Waals surface area contributed by atoms with Gasteiger partial charge in [-0.1, -0.05) is 114 Å². The van der Waals surface area contributed by atoms with Gasteiger partial charge in [-0.25, -0.2) is 0 Å². The summed E-state index contributed by atoms with van der Waals surface area (Å²) in [6.07, 6.45) is 2.02. The number of rotatable bonds is 6. The van der Waals surface area contributed by atoms with Crippen molar-refractivity contribution in [2.24, 2.45) is 0 Å². The number of benzene rings is 5. The zero-order valence-corrected chi connectivity index (χ0v) is 34.1. The van der Waals surface area contributed by atoms with Crippen LogP contribution in [0, 0.1) is 12.1 Å². The van der Waals surface area contributed by atoms with E-state index in [-0.39, 0.29) is 20.1 Å². The van der Waals surface area contributed by atoms with E-state index in [1.165, 1.54) is 22.0 Å². The molecule has 0 aliphatic carbocycles. The summed E-state index contributed by atoms with van der Waals surface area (Å²) < 4.78 is 14.9. The molecule has 0 unspecified atom stereocenters. The number of pyridine rings is 1. The third kappa shape index (κ3) is 7.40. The normalized spacial score (nSPS) is 11.9. The van der Waals surface area contributed by atoms with Crippen LogP contribution in [0.1, 0.15) is 50.7 Å². The first-order valence-electron chi connectivity index (χ1n) is 17.6. The van der Waals surface area contributed by atoms with E-state index in [0.29, 0.717) is 34.8 Å². The second-order valence-corrected chi connectivity index (χ2v) is 19.6. The van der Waals surface area contributed by atoms with E-state index in [0.717, 1.165) is 33.7 Å². The van der Waals surface area contributed by atoms with E-state index in [1.807, 2.05) is 72.9 Å². The number of hydrogen-bond acceptors (Lipinski definition) is 4. The van der Waals surface area contributed by atoms with Crippen LogP contribution in [0.25, 0.3) is 39.4 Å². The molecule has 1 aliphatic heterocycles. The minimum Gasteiger partial charge on any atom is -0.494 e. The smallest absolute Gasteiger partial charge is 0.166 e. The average Bonchev–Trinajstić information content (AvgIpc) is 3.53. The van der Waals surface area contributed by atoms with Gasteiger partial charge in [0.25, 0.3) is 0 Å². The van der Waals surface area contributed by atoms with E-state index < -0.39 is 8.07 Å². The molecule has 0 bridgehead atoms. The van der Waals surface area contributed by atoms with Gasteiger partial charge in [-0.15, -0.1) is 48.0 Å². The number of ether oxygens (including phenoxy) is 2. The van der Waals surface area contributed by atoms with Crippen molar-refractivity contribution in [2.45, 2.75) is 59.2 Å². The number of aromatic nitrogens is 3. The molecular formula is C45H43IrN3O2Si-2. The molecule has 1 radical (unpaired) electrons. The SMILES string of the molecule is CC(C)c1cccc(C(C)C)c1-n1c(-c2[c-]ccc3c2Oc2ccccc2O3)nc2ccccc21.C[Si](C)(C)c1ccc(-c2[c-]cccc2)nc1.[Ir]. The van der Waals surface area contributed by atoms with Crippen LogP contribution in [0.3, 0.4) is 0 Å². The van der Waals surface area contributed by atoms with Crippen LogP contribution in [0.15, 0.2) is 121 Å². The topological polar surface area (TPSA) is 49.2 Å². The fourth-order valence-corrected chi connectivity index (χ4v) is 7.43. The minimum atomic E-state index is -1.23. The summed E-state index contributed by atoms with van der Waals surface area (Å²) in [6.45, 7) is 16.0. The summed E-state index contributed by atoms with van der Waals surface area (Å²) in [5.41, 5.74) is 8.58. The predicted molar refractivity (Wildman–Crippen MR) is 212 cm³/mol. The Morgan fingerprint density at radius 2 is 1.33 bits per heavy atom. The summed E-state index contributed by atoms with van der Waals surface area (Å²) in [5, 5.41) is 1.40. The molecule has 1 aliphatic rings. The Balaban J connectivity index is 0.000000230. The third-order valence-corrected chi connectivity index (χ3v) is 11.2. The van der Waals surface area contributed by atoms with Crippen LogP contribution in [-0.4, -0.2) is 22.6 Å². The van der Waals surface area contributed by atoms with Crippen molar-refractivity contribution in [3.63, 3.8) is 0 Å². The molecule has 5 nitrogen and oxygen atoms in total. The second-order valence-electron chi connectivity index (χ2n) is 14.5. The predicted octanol–water partition coefficient (Wildman–Crippen LogP) is 11.7. The van der Waals surface area contributed by atoms with E-state index in [2.05, 4.69) is 118 Å². The molecule has 0 saturated carbocycles. The van der Waals surface area contributed by atoms with Crippen LogP contribution in [0.2, 0.25) is 19.6 Å². The van der Waals surface area contributed by atoms with E-state index >= 15 is 0 Å². The molecule has 0 atom stereocenters. The van der Waals surface area contributed by atoms with E-state index in [1.54, 1.807) is 0 Å². The first-order valence-corrected chi connectivity index (χ1v) is 21.1. The fraction of sp³-hybridized carbons (Fsp3) is 0.200. The summed E-state index contributed by atoms with van der Waals surface area (Å²) in [7, 11) is -1.23. The summed E-state index contributed by atoms with van der Waals surface area (Å²) in [6, 6.07) is 45.3. The number of nitrogens with zero attached hydrogens (tertiary/aromatic N) is 3. The molecule has 5 aromatic carbocycles. The molecular weight excluding hydrogens is 835 g/mol. The van der Waals surface area contributed by atoms with Crippen molar-refractivity contribution in [3.8, 4) is 51.3 Å². The molecule has 52 heavy (non-hydrogen) atoms. The average molecular weight is 878 g/mol. The quantitative estimate of drug-likeness (QED) is 0.123. The minimum absolute atomic E-state index is 0.